The van der Waals surface area contributed by atoms with Crippen LogP contribution in [0.2, 0.25) is 0 Å². The number of carboxylic acid groups (broad SMARTS) is 2. The molecule has 6 nitrogen and oxygen atoms in total. The minimum atomic E-state index is -1.17. The maximum absolute atomic E-state index is 11.2. The fourth-order valence-electron chi connectivity index (χ4n) is 1.52. The van der Waals surface area contributed by atoms with Crippen LogP contribution in [0.15, 0.2) is 36.4 Å². The fraction of sp³-hybridized carbons (Fsp3) is 0.143. The maximum atomic E-state index is 11.2. The molecule has 0 bridgehead atoms. The first-order valence-electron chi connectivity index (χ1n) is 5.56. The van der Waals surface area contributed by atoms with E-state index in [0.717, 1.165) is 12.2 Å². The molecule has 0 saturated carbocycles. The first-order valence-corrected chi connectivity index (χ1v) is 5.56. The third-order valence-corrected chi connectivity index (χ3v) is 2.43. The molecular formula is C14H14O6. The van der Waals surface area contributed by atoms with Gasteiger partial charge in [-0.25, -0.2) is 9.59 Å². The first kappa shape index (κ1) is 15.3. The van der Waals surface area contributed by atoms with E-state index in [1.165, 1.54) is 26.4 Å². The minimum Gasteiger partial charge on any atom is -0.493 e. The zero-order valence-electron chi connectivity index (χ0n) is 11.0. The standard InChI is InChI=1S/C14H14O6/c1-19-11-7-6-9(8-12(11)20-2)10(14(17)18)4-3-5-13(15)16/h3-8H,1-2H3,(H,15,16)(H,17,18). The van der Waals surface area contributed by atoms with Crippen molar-refractivity contribution in [3.63, 3.8) is 0 Å². The number of hydrogen-bond acceptors (Lipinski definition) is 4. The average molecular weight is 278 g/mol. The Labute approximate surface area is 115 Å². The smallest absolute Gasteiger partial charge is 0.336 e. The highest BCUT2D eigenvalue weighted by atomic mass is 16.5. The molecular weight excluding hydrogens is 264 g/mol. The molecule has 1 aromatic rings. The zero-order chi connectivity index (χ0) is 15.1. The van der Waals surface area contributed by atoms with Crippen molar-refractivity contribution < 1.29 is 29.3 Å². The molecule has 0 radical (unpaired) electrons. The van der Waals surface area contributed by atoms with Gasteiger partial charge in [0.15, 0.2) is 11.5 Å². The third-order valence-electron chi connectivity index (χ3n) is 2.43. The van der Waals surface area contributed by atoms with E-state index in [9.17, 15) is 9.59 Å². The van der Waals surface area contributed by atoms with Gasteiger partial charge < -0.3 is 19.7 Å². The molecule has 0 saturated heterocycles. The lowest BCUT2D eigenvalue weighted by molar-refractivity contribution is -0.132. The molecule has 20 heavy (non-hydrogen) atoms. The molecule has 6 heteroatoms. The lowest BCUT2D eigenvalue weighted by atomic mass is 10.0. The topological polar surface area (TPSA) is 93.1 Å². The Morgan fingerprint density at radius 1 is 1.10 bits per heavy atom. The summed E-state index contributed by atoms with van der Waals surface area (Å²) in [6.07, 6.45) is 3.21. The molecule has 106 valence electrons. The summed E-state index contributed by atoms with van der Waals surface area (Å²) in [5.41, 5.74) is 0.327. The monoisotopic (exact) mass is 278 g/mol. The van der Waals surface area contributed by atoms with E-state index in [1.807, 2.05) is 0 Å². The van der Waals surface area contributed by atoms with Crippen LogP contribution in [0.3, 0.4) is 0 Å². The van der Waals surface area contributed by atoms with Crippen molar-refractivity contribution in [2.24, 2.45) is 0 Å². The molecule has 0 aromatic heterocycles. The van der Waals surface area contributed by atoms with E-state index in [-0.39, 0.29) is 5.57 Å². The van der Waals surface area contributed by atoms with Crippen LogP contribution in [0.25, 0.3) is 5.57 Å². The number of ether oxygens (including phenoxy) is 2. The van der Waals surface area contributed by atoms with E-state index in [4.69, 9.17) is 19.7 Å². The van der Waals surface area contributed by atoms with Crippen LogP contribution >= 0.6 is 0 Å². The van der Waals surface area contributed by atoms with E-state index >= 15 is 0 Å². The Morgan fingerprint density at radius 3 is 2.25 bits per heavy atom. The molecule has 0 aliphatic carbocycles. The molecule has 0 unspecified atom stereocenters. The summed E-state index contributed by atoms with van der Waals surface area (Å²) in [7, 11) is 2.91. The van der Waals surface area contributed by atoms with Gasteiger partial charge in [0, 0.05) is 6.08 Å². The Kier molecular flexibility index (Phi) is 5.34. The summed E-state index contributed by atoms with van der Waals surface area (Å²) in [4.78, 5) is 21.6. The molecule has 0 aliphatic heterocycles. The summed E-state index contributed by atoms with van der Waals surface area (Å²) in [6, 6.07) is 4.63. The van der Waals surface area contributed by atoms with Crippen LogP contribution in [0.1, 0.15) is 5.56 Å². The van der Waals surface area contributed by atoms with Gasteiger partial charge in [0.1, 0.15) is 0 Å². The summed E-state index contributed by atoms with van der Waals surface area (Å²) in [6.45, 7) is 0. The molecule has 0 spiro atoms. The van der Waals surface area contributed by atoms with Crippen LogP contribution < -0.4 is 9.47 Å². The lowest BCUT2D eigenvalue weighted by Crippen LogP contribution is -2.00. The van der Waals surface area contributed by atoms with Crippen molar-refractivity contribution in [3.8, 4) is 11.5 Å². The van der Waals surface area contributed by atoms with E-state index in [0.29, 0.717) is 17.1 Å². The first-order chi connectivity index (χ1) is 9.49. The highest BCUT2D eigenvalue weighted by Gasteiger charge is 2.12. The minimum absolute atomic E-state index is 0.0524. The van der Waals surface area contributed by atoms with Crippen LogP contribution in [0.5, 0.6) is 11.5 Å². The van der Waals surface area contributed by atoms with Gasteiger partial charge in [0.05, 0.1) is 19.8 Å². The van der Waals surface area contributed by atoms with Gasteiger partial charge in [-0.3, -0.25) is 0 Å². The van der Waals surface area contributed by atoms with E-state index in [2.05, 4.69) is 0 Å². The number of carbonyl (C=O) groups is 2. The van der Waals surface area contributed by atoms with E-state index in [1.54, 1.807) is 12.1 Å². The second kappa shape index (κ2) is 6.98. The number of methoxy groups -OCH3 is 2. The number of rotatable bonds is 6. The largest absolute Gasteiger partial charge is 0.493 e. The third kappa shape index (κ3) is 3.88. The molecule has 2 N–H and O–H groups in total. The lowest BCUT2D eigenvalue weighted by Gasteiger charge is -2.09. The molecule has 1 aromatic carbocycles. The van der Waals surface area contributed by atoms with Gasteiger partial charge >= 0.3 is 11.9 Å². The second-order valence-electron chi connectivity index (χ2n) is 3.65. The summed E-state index contributed by atoms with van der Waals surface area (Å²) in [5, 5.41) is 17.6. The normalized spacial score (nSPS) is 11.4. The van der Waals surface area contributed by atoms with Crippen LogP contribution in [0, 0.1) is 0 Å². The van der Waals surface area contributed by atoms with Gasteiger partial charge in [-0.15, -0.1) is 0 Å². The van der Waals surface area contributed by atoms with Crippen LogP contribution in [0.4, 0.5) is 0 Å². The average Bonchev–Trinajstić information content (AvgIpc) is 2.42. The highest BCUT2D eigenvalue weighted by Crippen LogP contribution is 2.30. The summed E-state index contributed by atoms with van der Waals surface area (Å²) in [5.74, 6) is -1.47. The van der Waals surface area contributed by atoms with Crippen molar-refractivity contribution in [3.05, 3.63) is 42.0 Å². The van der Waals surface area contributed by atoms with Crippen LogP contribution in [-0.4, -0.2) is 36.4 Å². The number of aliphatic carboxylic acids is 2. The second-order valence-corrected chi connectivity index (χ2v) is 3.65. The van der Waals surface area contributed by atoms with Gasteiger partial charge in [0.2, 0.25) is 0 Å². The van der Waals surface area contributed by atoms with Gasteiger partial charge in [-0.2, -0.15) is 0 Å². The zero-order valence-corrected chi connectivity index (χ0v) is 11.0. The Bertz CT molecular complexity index is 571. The highest BCUT2D eigenvalue weighted by molar-refractivity contribution is 6.16. The van der Waals surface area contributed by atoms with Gasteiger partial charge in [0.25, 0.3) is 0 Å². The van der Waals surface area contributed by atoms with Gasteiger partial charge in [-0.1, -0.05) is 12.1 Å². The Morgan fingerprint density at radius 2 is 1.75 bits per heavy atom. The van der Waals surface area contributed by atoms with Crippen molar-refractivity contribution in [2.45, 2.75) is 0 Å². The molecule has 0 heterocycles. The fourth-order valence-corrected chi connectivity index (χ4v) is 1.52. The van der Waals surface area contributed by atoms with Crippen LogP contribution in [-0.2, 0) is 9.59 Å². The van der Waals surface area contributed by atoms with Crippen molar-refractivity contribution >= 4 is 17.5 Å². The van der Waals surface area contributed by atoms with Crippen molar-refractivity contribution in [2.75, 3.05) is 14.2 Å². The van der Waals surface area contributed by atoms with Gasteiger partial charge in [-0.05, 0) is 23.8 Å². The van der Waals surface area contributed by atoms with E-state index < -0.39 is 11.9 Å². The quantitative estimate of drug-likeness (QED) is 0.609. The molecule has 1 rings (SSSR count). The molecule has 0 amide bonds. The van der Waals surface area contributed by atoms with Crippen molar-refractivity contribution in [1.29, 1.82) is 0 Å². The summed E-state index contributed by atoms with van der Waals surface area (Å²) < 4.78 is 10.2. The van der Waals surface area contributed by atoms with Crippen molar-refractivity contribution in [1.82, 2.24) is 0 Å². The number of benzene rings is 1. The number of hydrogen-bond donors (Lipinski definition) is 2. The Hall–Kier alpha value is -2.76. The SMILES string of the molecule is COc1ccc(C(=CC=CC(=O)O)C(=O)O)cc1OC. The predicted octanol–water partition coefficient (Wildman–Crippen LogP) is 1.81. The molecule has 0 fully saturated rings. The summed E-state index contributed by atoms with van der Waals surface area (Å²) >= 11 is 0. The number of allylic oxidation sites excluding steroid dienone is 2. The molecule has 0 aliphatic rings. The molecule has 0 atom stereocenters. The Balaban J connectivity index is 3.22. The maximum Gasteiger partial charge on any atom is 0.336 e. The number of carboxylic acids is 2. The predicted molar refractivity (Wildman–Crippen MR) is 71.9 cm³/mol.